The van der Waals surface area contributed by atoms with Crippen LogP contribution in [-0.4, -0.2) is 12.3 Å². The van der Waals surface area contributed by atoms with Gasteiger partial charge in [0.25, 0.3) is 0 Å². The van der Waals surface area contributed by atoms with Gasteiger partial charge in [0, 0.05) is 0 Å². The van der Waals surface area contributed by atoms with Crippen LogP contribution in [0, 0.1) is 0 Å². The van der Waals surface area contributed by atoms with Crippen LogP contribution in [0.2, 0.25) is 0 Å². The summed E-state index contributed by atoms with van der Waals surface area (Å²) in [5.41, 5.74) is 3.69. The minimum Gasteiger partial charge on any atom is -0.358 e. The van der Waals surface area contributed by atoms with Crippen molar-refractivity contribution < 1.29 is 5.73 Å². The van der Waals surface area contributed by atoms with E-state index in [1.54, 1.807) is 0 Å². The first kappa shape index (κ1) is 6.31. The van der Waals surface area contributed by atoms with Gasteiger partial charge in [0.2, 0.25) is 0 Å². The van der Waals surface area contributed by atoms with Crippen LogP contribution in [0.1, 0.15) is 12.8 Å². The number of unbranched alkanes of at least 4 members (excludes halogenated alkanes) is 1. The molecular weight excluding hydrogens is 94.1 g/mol. The van der Waals surface area contributed by atoms with Crippen molar-refractivity contribution >= 4 is 12.6 Å². The summed E-state index contributed by atoms with van der Waals surface area (Å²) in [4.78, 5) is 0. The molecule has 0 unspecified atom stereocenters. The Bertz CT molecular complexity index is 19.5. The third-order valence-corrected chi connectivity index (χ3v) is 0.974. The number of quaternary nitrogens is 1. The van der Waals surface area contributed by atoms with Crippen molar-refractivity contribution in [2.24, 2.45) is 0 Å². The molecule has 0 amide bonds. The summed E-state index contributed by atoms with van der Waals surface area (Å²) >= 11 is 4.03. The van der Waals surface area contributed by atoms with E-state index in [1.165, 1.54) is 12.8 Å². The maximum absolute atomic E-state index is 4.03. The second kappa shape index (κ2) is 5.31. The Morgan fingerprint density at radius 3 is 2.17 bits per heavy atom. The van der Waals surface area contributed by atoms with E-state index < -0.39 is 0 Å². The molecule has 3 N–H and O–H groups in total. The van der Waals surface area contributed by atoms with Crippen molar-refractivity contribution in [1.29, 1.82) is 0 Å². The van der Waals surface area contributed by atoms with E-state index in [-0.39, 0.29) is 0 Å². The smallest absolute Gasteiger partial charge is 0.0740 e. The molecule has 0 saturated carbocycles. The summed E-state index contributed by atoms with van der Waals surface area (Å²) in [6.07, 6.45) is 2.44. The summed E-state index contributed by atoms with van der Waals surface area (Å²) in [7, 11) is 0. The molecule has 1 nitrogen and oxygen atoms in total. The number of hydrogen-bond donors (Lipinski definition) is 2. The van der Waals surface area contributed by atoms with Crippen molar-refractivity contribution in [2.45, 2.75) is 12.8 Å². The molecule has 0 aliphatic heterocycles. The standard InChI is InChI=1S/C4H11NS/c5-3-1-2-4-6/h6H,1-5H2/p+1. The molecule has 6 heavy (non-hydrogen) atoms. The lowest BCUT2D eigenvalue weighted by Gasteiger charge is -1.83. The van der Waals surface area contributed by atoms with Crippen LogP contribution in [0.25, 0.3) is 0 Å². The van der Waals surface area contributed by atoms with Gasteiger partial charge in [-0.25, -0.2) is 0 Å². The molecule has 0 saturated heterocycles. The largest absolute Gasteiger partial charge is 0.358 e. The second-order valence-corrected chi connectivity index (χ2v) is 1.73. The van der Waals surface area contributed by atoms with Gasteiger partial charge in [-0.05, 0) is 18.6 Å². The average Bonchev–Trinajstić information content (AvgIpc) is 1.61. The SMILES string of the molecule is [NH3+]CCCCS. The highest BCUT2D eigenvalue weighted by Crippen LogP contribution is 1.85. The summed E-state index contributed by atoms with van der Waals surface area (Å²) in [5.74, 6) is 1.01. The van der Waals surface area contributed by atoms with Crippen LogP contribution in [0.5, 0.6) is 0 Å². The zero-order valence-electron chi connectivity index (χ0n) is 3.98. The maximum atomic E-state index is 4.03. The van der Waals surface area contributed by atoms with Gasteiger partial charge in [0.15, 0.2) is 0 Å². The van der Waals surface area contributed by atoms with Gasteiger partial charge in [-0.15, -0.1) is 0 Å². The summed E-state index contributed by atoms with van der Waals surface area (Å²) in [6.45, 7) is 1.06. The third-order valence-electron chi connectivity index (χ3n) is 0.658. The van der Waals surface area contributed by atoms with Crippen molar-refractivity contribution in [2.75, 3.05) is 12.3 Å². The van der Waals surface area contributed by atoms with Gasteiger partial charge < -0.3 is 5.73 Å². The molecule has 0 aliphatic rings. The lowest BCUT2D eigenvalue weighted by Crippen LogP contribution is -2.50. The predicted octanol–water partition coefficient (Wildman–Crippen LogP) is -0.0617. The number of rotatable bonds is 3. The van der Waals surface area contributed by atoms with Gasteiger partial charge in [-0.1, -0.05) is 0 Å². The molecule has 0 atom stereocenters. The summed E-state index contributed by atoms with van der Waals surface area (Å²) in [6, 6.07) is 0. The molecule has 0 aromatic heterocycles. The van der Waals surface area contributed by atoms with Crippen LogP contribution in [0.15, 0.2) is 0 Å². The van der Waals surface area contributed by atoms with Crippen molar-refractivity contribution in [3.05, 3.63) is 0 Å². The normalized spacial score (nSPS) is 9.00. The molecule has 0 radical (unpaired) electrons. The van der Waals surface area contributed by atoms with Crippen LogP contribution in [0.4, 0.5) is 0 Å². The first-order valence-electron chi connectivity index (χ1n) is 2.32. The monoisotopic (exact) mass is 106 g/mol. The van der Waals surface area contributed by atoms with E-state index in [0.717, 1.165) is 12.3 Å². The fraction of sp³-hybridized carbons (Fsp3) is 1.00. The van der Waals surface area contributed by atoms with E-state index >= 15 is 0 Å². The van der Waals surface area contributed by atoms with E-state index in [1.807, 2.05) is 0 Å². The molecule has 0 aromatic carbocycles. The highest BCUT2D eigenvalue weighted by molar-refractivity contribution is 7.80. The van der Waals surface area contributed by atoms with Gasteiger partial charge in [-0.2, -0.15) is 12.6 Å². The van der Waals surface area contributed by atoms with E-state index in [0.29, 0.717) is 0 Å². The van der Waals surface area contributed by atoms with Crippen LogP contribution in [0.3, 0.4) is 0 Å². The zero-order valence-corrected chi connectivity index (χ0v) is 4.88. The molecule has 0 spiro atoms. The van der Waals surface area contributed by atoms with Crippen LogP contribution in [-0.2, 0) is 0 Å². The van der Waals surface area contributed by atoms with Crippen molar-refractivity contribution in [1.82, 2.24) is 0 Å². The Hall–Kier alpha value is 0.310. The minimum absolute atomic E-state index is 1.01. The Balaban J connectivity index is 2.34. The quantitative estimate of drug-likeness (QED) is 0.372. The lowest BCUT2D eigenvalue weighted by atomic mass is 10.3. The maximum Gasteiger partial charge on any atom is 0.0740 e. The lowest BCUT2D eigenvalue weighted by molar-refractivity contribution is -0.368. The summed E-state index contributed by atoms with van der Waals surface area (Å²) in [5, 5.41) is 0. The number of hydrogen-bond acceptors (Lipinski definition) is 1. The molecule has 38 valence electrons. The van der Waals surface area contributed by atoms with Gasteiger partial charge in [-0.3, -0.25) is 0 Å². The highest BCUT2D eigenvalue weighted by atomic mass is 32.1. The zero-order chi connectivity index (χ0) is 4.83. The van der Waals surface area contributed by atoms with Crippen LogP contribution >= 0.6 is 12.6 Å². The Morgan fingerprint density at radius 1 is 1.33 bits per heavy atom. The van der Waals surface area contributed by atoms with E-state index in [2.05, 4.69) is 18.4 Å². The van der Waals surface area contributed by atoms with Crippen molar-refractivity contribution in [3.8, 4) is 0 Å². The van der Waals surface area contributed by atoms with Gasteiger partial charge in [0.1, 0.15) is 0 Å². The van der Waals surface area contributed by atoms with Gasteiger partial charge >= 0.3 is 0 Å². The van der Waals surface area contributed by atoms with E-state index in [9.17, 15) is 0 Å². The second-order valence-electron chi connectivity index (χ2n) is 1.28. The van der Waals surface area contributed by atoms with Crippen molar-refractivity contribution in [3.63, 3.8) is 0 Å². The first-order valence-corrected chi connectivity index (χ1v) is 2.95. The molecule has 0 aliphatic carbocycles. The summed E-state index contributed by atoms with van der Waals surface area (Å²) < 4.78 is 0. The predicted molar refractivity (Wildman–Crippen MR) is 30.8 cm³/mol. The van der Waals surface area contributed by atoms with E-state index in [4.69, 9.17) is 0 Å². The minimum atomic E-state index is 1.01. The molecule has 0 heterocycles. The molecule has 0 fully saturated rings. The number of thiol groups is 1. The van der Waals surface area contributed by atoms with Crippen LogP contribution < -0.4 is 5.73 Å². The molecule has 2 heteroatoms. The third kappa shape index (κ3) is 4.31. The topological polar surface area (TPSA) is 27.6 Å². The molecular formula is C4H12NS+. The fourth-order valence-corrected chi connectivity index (χ4v) is 0.512. The molecule has 0 bridgehead atoms. The van der Waals surface area contributed by atoms with Gasteiger partial charge in [0.05, 0.1) is 6.54 Å². The first-order chi connectivity index (χ1) is 2.91. The highest BCUT2D eigenvalue weighted by Gasteiger charge is 1.78. The fourth-order valence-electron chi connectivity index (χ4n) is 0.289. The Labute approximate surface area is 44.3 Å². The average molecular weight is 106 g/mol. The molecule has 0 rings (SSSR count). The Kier molecular flexibility index (Phi) is 5.58. The molecule has 0 aromatic rings. The Morgan fingerprint density at radius 2 is 2.00 bits per heavy atom.